The number of hydrogen-bond acceptors (Lipinski definition) is 2. The molecule has 1 rings (SSSR count). The third kappa shape index (κ3) is 1.59. The van der Waals surface area contributed by atoms with Crippen LogP contribution in [-0.4, -0.2) is 22.5 Å². The summed E-state index contributed by atoms with van der Waals surface area (Å²) in [6.45, 7) is 0.413. The van der Waals surface area contributed by atoms with Crippen LogP contribution in [0.25, 0.3) is 0 Å². The Morgan fingerprint density at radius 1 is 1.40 bits per heavy atom. The van der Waals surface area contributed by atoms with Gasteiger partial charge in [-0.05, 0) is 0 Å². The molecule has 0 N–H and O–H groups in total. The van der Waals surface area contributed by atoms with Gasteiger partial charge in [-0.3, -0.25) is 0 Å². The van der Waals surface area contributed by atoms with Crippen LogP contribution in [0.4, 0.5) is 0 Å². The summed E-state index contributed by atoms with van der Waals surface area (Å²) in [6, 6.07) is 7.22. The van der Waals surface area contributed by atoms with Gasteiger partial charge in [-0.2, -0.15) is 0 Å². The molecule has 0 saturated carbocycles. The van der Waals surface area contributed by atoms with E-state index in [0.29, 0.717) is 12.2 Å². The molecular weight excluding hydrogens is 195 g/mol. The Hall–Kier alpha value is -0.791. The van der Waals surface area contributed by atoms with Crippen molar-refractivity contribution in [3.63, 3.8) is 0 Å². The number of benzene rings is 1. The van der Waals surface area contributed by atoms with Crippen LogP contribution < -0.4 is 9.20 Å². The van der Waals surface area contributed by atoms with Gasteiger partial charge < -0.3 is 0 Å². The number of hydrogen-bond donors (Lipinski definition) is 0. The van der Waals surface area contributed by atoms with Gasteiger partial charge in [-0.15, -0.1) is 0 Å². The average Bonchev–Trinajstić information content (AvgIpc) is 1.94. The molecule has 0 aliphatic heterocycles. The summed E-state index contributed by atoms with van der Waals surface area (Å²) < 4.78 is 5.47. The van der Waals surface area contributed by atoms with Gasteiger partial charge in [-0.25, -0.2) is 0 Å². The quantitative estimate of drug-likeness (QED) is 0.496. The topological polar surface area (TPSA) is 26.3 Å². The van der Waals surface area contributed by atoms with Gasteiger partial charge in [-0.1, -0.05) is 0 Å². The van der Waals surface area contributed by atoms with Gasteiger partial charge in [0.05, 0.1) is 0 Å². The van der Waals surface area contributed by atoms with Gasteiger partial charge in [0.2, 0.25) is 0 Å². The first-order chi connectivity index (χ1) is 4.84. The van der Waals surface area contributed by atoms with E-state index in [1.165, 1.54) is 0 Å². The summed E-state index contributed by atoms with van der Waals surface area (Å²) in [5.74, 6) is 0.567. The zero-order valence-corrected chi connectivity index (χ0v) is 6.82. The summed E-state index contributed by atoms with van der Waals surface area (Å²) in [7, 11) is 0. The Kier molecular flexibility index (Phi) is 2.49. The Morgan fingerprint density at radius 2 is 2.10 bits per heavy atom. The second kappa shape index (κ2) is 3.40. The summed E-state index contributed by atoms with van der Waals surface area (Å²) in [5, 5.41) is 0. The first kappa shape index (κ1) is 7.32. The molecule has 0 heterocycles. The van der Waals surface area contributed by atoms with E-state index in [4.69, 9.17) is 0 Å². The molecule has 1 radical (unpaired) electrons. The van der Waals surface area contributed by atoms with Gasteiger partial charge in [0, 0.05) is 0 Å². The molecule has 0 bridgehead atoms. The Morgan fingerprint density at radius 3 is 2.70 bits per heavy atom. The van der Waals surface area contributed by atoms with Gasteiger partial charge in [0.1, 0.15) is 0 Å². The molecule has 0 aliphatic carbocycles. The van der Waals surface area contributed by atoms with E-state index < -0.39 is 0 Å². The van der Waals surface area contributed by atoms with Crippen LogP contribution in [0, 0.1) is 0 Å². The van der Waals surface area contributed by atoms with Crippen LogP contribution in [0.3, 0.4) is 0 Å². The zero-order chi connectivity index (χ0) is 7.40. The third-order valence-electron chi connectivity index (χ3n) is 1.02. The molecule has 2 nitrogen and oxygen atoms in total. The van der Waals surface area contributed by atoms with Crippen molar-refractivity contribution in [3.05, 3.63) is 24.3 Å². The van der Waals surface area contributed by atoms with E-state index >= 15 is 0 Å². The predicted octanol–water partition coefficient (Wildman–Crippen LogP) is 0.0156. The molecule has 1 aromatic carbocycles. The van der Waals surface area contributed by atoms with E-state index in [0.717, 1.165) is 4.46 Å². The molecule has 0 aromatic heterocycles. The van der Waals surface area contributed by atoms with Gasteiger partial charge in [0.15, 0.2) is 0 Å². The monoisotopic (exact) mass is 201 g/mol. The van der Waals surface area contributed by atoms with Crippen molar-refractivity contribution in [2.45, 2.75) is 0 Å². The van der Waals surface area contributed by atoms with Crippen molar-refractivity contribution < 1.29 is 9.53 Å². The first-order valence-electron chi connectivity index (χ1n) is 2.71. The standard InChI is InChI=1S/C7H5O2Se/c8-5-9-6-3-1-2-4-7(6)10/h1-5H. The first-order valence-corrected chi connectivity index (χ1v) is 3.56. The van der Waals surface area contributed by atoms with Gasteiger partial charge in [0.25, 0.3) is 0 Å². The zero-order valence-electron chi connectivity index (χ0n) is 5.11. The molecule has 1 aromatic rings. The number of ether oxygens (including phenoxy) is 1. The molecule has 0 saturated heterocycles. The van der Waals surface area contributed by atoms with E-state index in [1.54, 1.807) is 12.1 Å². The molecule has 0 aliphatic rings. The molecule has 51 valence electrons. The Balaban J connectivity index is 2.91. The third-order valence-corrected chi connectivity index (χ3v) is 1.73. The number of carbonyl (C=O) groups excluding carboxylic acids is 1. The maximum absolute atomic E-state index is 9.89. The fourth-order valence-electron chi connectivity index (χ4n) is 0.599. The summed E-state index contributed by atoms with van der Waals surface area (Å²) in [6.07, 6.45) is 0. The fourth-order valence-corrected chi connectivity index (χ4v) is 1.01. The summed E-state index contributed by atoms with van der Waals surface area (Å²) >= 11 is 2.77. The number of para-hydroxylation sites is 1. The van der Waals surface area contributed by atoms with Crippen LogP contribution in [0.15, 0.2) is 24.3 Å². The van der Waals surface area contributed by atoms with E-state index in [1.807, 2.05) is 12.1 Å². The summed E-state index contributed by atoms with van der Waals surface area (Å²) in [5.41, 5.74) is 0. The van der Waals surface area contributed by atoms with Crippen molar-refractivity contribution >= 4 is 26.9 Å². The fraction of sp³-hybridized carbons (Fsp3) is 0. The minimum absolute atomic E-state index is 0.413. The molecule has 0 fully saturated rings. The van der Waals surface area contributed by atoms with Crippen LogP contribution in [0.5, 0.6) is 5.75 Å². The maximum atomic E-state index is 9.89. The van der Waals surface area contributed by atoms with Crippen LogP contribution in [0.1, 0.15) is 0 Å². The van der Waals surface area contributed by atoms with E-state index in [9.17, 15) is 4.79 Å². The SMILES string of the molecule is O=COc1ccccc1[Se]. The Labute approximate surface area is 67.0 Å². The number of carbonyl (C=O) groups is 1. The average molecular weight is 200 g/mol. The van der Waals surface area contributed by atoms with E-state index in [2.05, 4.69) is 20.7 Å². The van der Waals surface area contributed by atoms with Gasteiger partial charge >= 0.3 is 66.5 Å². The Bertz CT molecular complexity index is 235. The van der Waals surface area contributed by atoms with Crippen LogP contribution in [0.2, 0.25) is 0 Å². The molecule has 0 unspecified atom stereocenters. The molecule has 0 amide bonds. The second-order valence-corrected chi connectivity index (χ2v) is 2.58. The molecule has 10 heavy (non-hydrogen) atoms. The molecular formula is C7H5O2Se. The second-order valence-electron chi connectivity index (χ2n) is 1.66. The minimum atomic E-state index is 0.413. The van der Waals surface area contributed by atoms with E-state index in [-0.39, 0.29) is 0 Å². The molecule has 0 spiro atoms. The van der Waals surface area contributed by atoms with Crippen LogP contribution in [-0.2, 0) is 4.79 Å². The molecule has 3 heteroatoms. The van der Waals surface area contributed by atoms with Crippen molar-refractivity contribution in [2.24, 2.45) is 0 Å². The predicted molar refractivity (Wildman–Crippen MR) is 38.5 cm³/mol. The van der Waals surface area contributed by atoms with Crippen molar-refractivity contribution in [3.8, 4) is 5.75 Å². The summed E-state index contributed by atoms with van der Waals surface area (Å²) in [4.78, 5) is 9.89. The van der Waals surface area contributed by atoms with Crippen molar-refractivity contribution in [1.29, 1.82) is 0 Å². The normalized spacial score (nSPS) is 8.80. The number of rotatable bonds is 2. The van der Waals surface area contributed by atoms with Crippen LogP contribution >= 0.6 is 0 Å². The van der Waals surface area contributed by atoms with Crippen molar-refractivity contribution in [1.82, 2.24) is 0 Å². The molecule has 0 atom stereocenters. The van der Waals surface area contributed by atoms with Crippen molar-refractivity contribution in [2.75, 3.05) is 0 Å².